The molecule has 0 unspecified atom stereocenters. The molecule has 0 spiro atoms. The van der Waals surface area contributed by atoms with Gasteiger partial charge in [-0.25, -0.2) is 0 Å². The zero-order chi connectivity index (χ0) is 20.1. The van der Waals surface area contributed by atoms with Gasteiger partial charge in [-0.2, -0.15) is 5.10 Å². The van der Waals surface area contributed by atoms with Gasteiger partial charge in [-0.05, 0) is 18.1 Å². The molecule has 1 aliphatic rings. The van der Waals surface area contributed by atoms with Crippen LogP contribution in [0.1, 0.15) is 48.9 Å². The van der Waals surface area contributed by atoms with Crippen LogP contribution in [0, 0.1) is 0 Å². The Hall–Kier alpha value is -2.40. The van der Waals surface area contributed by atoms with Gasteiger partial charge in [0, 0.05) is 45.2 Å². The number of aromatic nitrogens is 2. The molecule has 1 aromatic heterocycles. The van der Waals surface area contributed by atoms with Crippen molar-refractivity contribution >= 4 is 12.0 Å². The maximum atomic E-state index is 13.1. The number of rotatable bonds is 4. The van der Waals surface area contributed by atoms with Crippen molar-refractivity contribution < 1.29 is 4.79 Å². The van der Waals surface area contributed by atoms with Crippen molar-refractivity contribution in [2.45, 2.75) is 32.6 Å². The molecule has 0 atom stereocenters. The molecule has 0 radical (unpaired) electrons. The van der Waals surface area contributed by atoms with Crippen molar-refractivity contribution in [1.82, 2.24) is 19.6 Å². The van der Waals surface area contributed by atoms with Crippen molar-refractivity contribution in [3.8, 4) is 0 Å². The minimum Gasteiger partial charge on any atom is -0.336 e. The molecular formula is C23H32N4O. The van der Waals surface area contributed by atoms with Gasteiger partial charge in [-0.15, -0.1) is 0 Å². The second-order valence-corrected chi connectivity index (χ2v) is 8.55. The van der Waals surface area contributed by atoms with Gasteiger partial charge >= 0.3 is 0 Å². The number of benzene rings is 1. The van der Waals surface area contributed by atoms with Crippen LogP contribution in [-0.4, -0.2) is 58.2 Å². The predicted octanol–water partition coefficient (Wildman–Crippen LogP) is 3.58. The van der Waals surface area contributed by atoms with Gasteiger partial charge in [0.2, 0.25) is 0 Å². The second kappa shape index (κ2) is 8.74. The lowest BCUT2D eigenvalue weighted by Crippen LogP contribution is -2.36. The van der Waals surface area contributed by atoms with Gasteiger partial charge in [0.25, 0.3) is 5.91 Å². The lowest BCUT2D eigenvalue weighted by atomic mass is 9.92. The van der Waals surface area contributed by atoms with E-state index in [0.29, 0.717) is 5.69 Å². The molecule has 0 bridgehead atoms. The minimum absolute atomic E-state index is 0.0586. The molecule has 3 rings (SSSR count). The quantitative estimate of drug-likeness (QED) is 0.814. The Bertz CT molecular complexity index is 817. The Morgan fingerprint density at radius 2 is 1.86 bits per heavy atom. The number of aryl methyl sites for hydroxylation is 1. The molecule has 5 nitrogen and oxygen atoms in total. The first-order valence-corrected chi connectivity index (χ1v) is 10.1. The summed E-state index contributed by atoms with van der Waals surface area (Å²) in [5.74, 6) is 0.0900. The Kier molecular flexibility index (Phi) is 6.35. The molecule has 1 aliphatic heterocycles. The molecule has 0 saturated carbocycles. The van der Waals surface area contributed by atoms with Crippen LogP contribution in [0.25, 0.3) is 6.08 Å². The van der Waals surface area contributed by atoms with Crippen LogP contribution in [-0.2, 0) is 12.5 Å². The van der Waals surface area contributed by atoms with E-state index in [2.05, 4.69) is 67.2 Å². The number of amides is 1. The van der Waals surface area contributed by atoms with E-state index >= 15 is 0 Å². The van der Waals surface area contributed by atoms with E-state index in [0.717, 1.165) is 44.8 Å². The van der Waals surface area contributed by atoms with Crippen molar-refractivity contribution in [3.05, 3.63) is 59.4 Å². The Balaban J connectivity index is 1.58. The van der Waals surface area contributed by atoms with E-state index < -0.39 is 0 Å². The lowest BCUT2D eigenvalue weighted by molar-refractivity contribution is 0.0751. The number of carbonyl (C=O) groups is 1. The van der Waals surface area contributed by atoms with Gasteiger partial charge in [-0.1, -0.05) is 63.3 Å². The van der Waals surface area contributed by atoms with E-state index in [4.69, 9.17) is 0 Å². The molecule has 28 heavy (non-hydrogen) atoms. The molecule has 0 N–H and O–H groups in total. The fourth-order valence-electron chi connectivity index (χ4n) is 3.45. The Morgan fingerprint density at radius 3 is 2.54 bits per heavy atom. The summed E-state index contributed by atoms with van der Waals surface area (Å²) >= 11 is 0. The molecule has 1 saturated heterocycles. The molecule has 150 valence electrons. The summed E-state index contributed by atoms with van der Waals surface area (Å²) in [6, 6.07) is 12.3. The van der Waals surface area contributed by atoms with E-state index in [1.54, 1.807) is 4.68 Å². The first-order valence-electron chi connectivity index (χ1n) is 10.1. The summed E-state index contributed by atoms with van der Waals surface area (Å²) in [6.45, 7) is 10.7. The predicted molar refractivity (Wildman–Crippen MR) is 114 cm³/mol. The van der Waals surface area contributed by atoms with Crippen molar-refractivity contribution in [2.24, 2.45) is 7.05 Å². The number of carbonyl (C=O) groups excluding carboxylic acids is 1. The molecule has 0 aliphatic carbocycles. The average Bonchev–Trinajstić information content (AvgIpc) is 2.91. The van der Waals surface area contributed by atoms with Crippen molar-refractivity contribution in [3.63, 3.8) is 0 Å². The second-order valence-electron chi connectivity index (χ2n) is 8.55. The van der Waals surface area contributed by atoms with Crippen LogP contribution in [0.3, 0.4) is 0 Å². The standard InChI is InChI=1S/C23H32N4O/c1-23(2,3)21-18-20(25(4)24-21)22(28)27-15-9-14-26(16-17-27)13-8-12-19-10-6-5-7-11-19/h5-8,10-12,18H,9,13-17H2,1-4H3. The fraction of sp³-hybridized carbons (Fsp3) is 0.478. The van der Waals surface area contributed by atoms with E-state index in [-0.39, 0.29) is 11.3 Å². The lowest BCUT2D eigenvalue weighted by Gasteiger charge is -2.21. The summed E-state index contributed by atoms with van der Waals surface area (Å²) in [7, 11) is 1.86. The van der Waals surface area contributed by atoms with Gasteiger partial charge in [0.15, 0.2) is 0 Å². The normalized spacial score (nSPS) is 16.5. The topological polar surface area (TPSA) is 41.4 Å². The van der Waals surface area contributed by atoms with Crippen LogP contribution >= 0.6 is 0 Å². The third kappa shape index (κ3) is 5.10. The summed E-state index contributed by atoms with van der Waals surface area (Å²) in [5, 5.41) is 4.56. The van der Waals surface area contributed by atoms with E-state index in [9.17, 15) is 4.79 Å². The van der Waals surface area contributed by atoms with E-state index in [1.807, 2.05) is 24.1 Å². The fourth-order valence-corrected chi connectivity index (χ4v) is 3.45. The third-order valence-corrected chi connectivity index (χ3v) is 5.22. The Labute approximate surface area is 168 Å². The average molecular weight is 381 g/mol. The SMILES string of the molecule is Cn1nc(C(C)(C)C)cc1C(=O)N1CCCN(CC=Cc2ccccc2)CC1. The first kappa shape index (κ1) is 20.3. The zero-order valence-corrected chi connectivity index (χ0v) is 17.6. The molecular weight excluding hydrogens is 348 g/mol. The van der Waals surface area contributed by atoms with Crippen LogP contribution in [0.5, 0.6) is 0 Å². The van der Waals surface area contributed by atoms with Crippen LogP contribution in [0.4, 0.5) is 0 Å². The molecule has 2 aromatic rings. The van der Waals surface area contributed by atoms with Crippen molar-refractivity contribution in [2.75, 3.05) is 32.7 Å². The first-order chi connectivity index (χ1) is 13.3. The maximum Gasteiger partial charge on any atom is 0.272 e. The smallest absolute Gasteiger partial charge is 0.272 e. The highest BCUT2D eigenvalue weighted by Crippen LogP contribution is 2.22. The summed E-state index contributed by atoms with van der Waals surface area (Å²) in [5.41, 5.74) is 2.81. The van der Waals surface area contributed by atoms with Gasteiger partial charge < -0.3 is 4.90 Å². The number of hydrogen-bond donors (Lipinski definition) is 0. The number of nitrogens with zero attached hydrogens (tertiary/aromatic N) is 4. The van der Waals surface area contributed by atoms with Gasteiger partial charge in [-0.3, -0.25) is 14.4 Å². The molecule has 1 amide bonds. The van der Waals surface area contributed by atoms with Crippen molar-refractivity contribution in [1.29, 1.82) is 0 Å². The number of hydrogen-bond acceptors (Lipinski definition) is 3. The van der Waals surface area contributed by atoms with Crippen LogP contribution < -0.4 is 0 Å². The summed E-state index contributed by atoms with van der Waals surface area (Å²) < 4.78 is 1.73. The van der Waals surface area contributed by atoms with Crippen LogP contribution in [0.2, 0.25) is 0 Å². The highest BCUT2D eigenvalue weighted by Gasteiger charge is 2.25. The van der Waals surface area contributed by atoms with Crippen LogP contribution in [0.15, 0.2) is 42.5 Å². The van der Waals surface area contributed by atoms with Gasteiger partial charge in [0.1, 0.15) is 5.69 Å². The Morgan fingerprint density at radius 1 is 1.11 bits per heavy atom. The third-order valence-electron chi connectivity index (χ3n) is 5.22. The molecule has 5 heteroatoms. The summed E-state index contributed by atoms with van der Waals surface area (Å²) in [4.78, 5) is 17.4. The largest absolute Gasteiger partial charge is 0.336 e. The highest BCUT2D eigenvalue weighted by molar-refractivity contribution is 5.92. The maximum absolute atomic E-state index is 13.1. The molecule has 1 aromatic carbocycles. The minimum atomic E-state index is -0.0586. The highest BCUT2D eigenvalue weighted by atomic mass is 16.2. The molecule has 1 fully saturated rings. The summed E-state index contributed by atoms with van der Waals surface area (Å²) in [6.07, 6.45) is 5.37. The zero-order valence-electron chi connectivity index (χ0n) is 17.6. The molecule has 2 heterocycles. The monoisotopic (exact) mass is 380 g/mol. The van der Waals surface area contributed by atoms with E-state index in [1.165, 1.54) is 5.56 Å². The van der Waals surface area contributed by atoms with Gasteiger partial charge in [0.05, 0.1) is 5.69 Å².